The van der Waals surface area contributed by atoms with Crippen molar-refractivity contribution in [1.82, 2.24) is 10.00 Å². The van der Waals surface area contributed by atoms with Crippen LogP contribution in [0.5, 0.6) is 5.75 Å². The molecule has 0 spiro atoms. The monoisotopic (exact) mass is 495 g/mol. The van der Waals surface area contributed by atoms with E-state index in [-0.39, 0.29) is 16.9 Å². The van der Waals surface area contributed by atoms with Crippen molar-refractivity contribution in [2.24, 2.45) is 0 Å². The largest absolute Gasteiger partial charge is 0.495 e. The molecule has 29 heavy (non-hydrogen) atoms. The summed E-state index contributed by atoms with van der Waals surface area (Å²) in [7, 11) is 1.55. The van der Waals surface area contributed by atoms with Gasteiger partial charge in [-0.25, -0.2) is 0 Å². The molecule has 0 radical (unpaired) electrons. The summed E-state index contributed by atoms with van der Waals surface area (Å²) in [5.41, 5.74) is 0.355. The van der Waals surface area contributed by atoms with Gasteiger partial charge in [0.05, 0.1) is 12.1 Å². The fourth-order valence-electron chi connectivity index (χ4n) is 3.21. The van der Waals surface area contributed by atoms with Crippen LogP contribution in [0.3, 0.4) is 0 Å². The third-order valence-electron chi connectivity index (χ3n) is 4.90. The normalized spacial score (nSPS) is 15.0. The van der Waals surface area contributed by atoms with E-state index in [9.17, 15) is 18.0 Å². The summed E-state index contributed by atoms with van der Waals surface area (Å²) < 4.78 is 45.4. The molecule has 3 rings (SSSR count). The molecule has 158 valence electrons. The Kier molecular flexibility index (Phi) is 6.33. The second kappa shape index (κ2) is 8.43. The average Bonchev–Trinajstić information content (AvgIpc) is 2.97. The highest BCUT2D eigenvalue weighted by Crippen LogP contribution is 2.34. The maximum Gasteiger partial charge on any atom is 0.437 e. The number of nitrogens with zero attached hydrogens (tertiary/aromatic N) is 3. The Morgan fingerprint density at radius 2 is 1.97 bits per heavy atom. The second-order valence-electron chi connectivity index (χ2n) is 6.66. The maximum absolute atomic E-state index is 13.0. The van der Waals surface area contributed by atoms with Crippen LogP contribution in [0.2, 0.25) is 5.02 Å². The number of H-pyrrole nitrogens is 1. The number of benzene rings is 1. The van der Waals surface area contributed by atoms with Gasteiger partial charge in [-0.2, -0.15) is 18.3 Å². The van der Waals surface area contributed by atoms with Crippen LogP contribution < -0.4 is 14.3 Å². The molecule has 1 saturated heterocycles. The number of hydrogen-bond donors (Lipinski definition) is 1. The van der Waals surface area contributed by atoms with Crippen LogP contribution >= 0.6 is 27.5 Å². The first-order valence-corrected chi connectivity index (χ1v) is 10.00. The molecule has 1 fully saturated rings. The Labute approximate surface area is 179 Å². The van der Waals surface area contributed by atoms with Crippen LogP contribution in [0.15, 0.2) is 22.7 Å². The summed E-state index contributed by atoms with van der Waals surface area (Å²) in [6, 6.07) is 5.48. The highest BCUT2D eigenvalue weighted by Gasteiger charge is 2.41. The number of halogens is 5. The fourth-order valence-corrected chi connectivity index (χ4v) is 3.93. The Bertz CT molecular complexity index is 911. The average molecular weight is 497 g/mol. The Hall–Kier alpha value is -1.94. The number of alkyl halides is 3. The van der Waals surface area contributed by atoms with Crippen LogP contribution in [0.1, 0.15) is 11.4 Å². The lowest BCUT2D eigenvalue weighted by molar-refractivity contribution is -0.745. The Morgan fingerprint density at radius 1 is 1.31 bits per heavy atom. The molecule has 1 aliphatic heterocycles. The minimum absolute atomic E-state index is 0.0840. The third kappa shape index (κ3) is 4.63. The Morgan fingerprint density at radius 3 is 2.52 bits per heavy atom. The zero-order valence-corrected chi connectivity index (χ0v) is 18.2. The van der Waals surface area contributed by atoms with E-state index in [0.717, 1.165) is 5.69 Å². The van der Waals surface area contributed by atoms with Crippen molar-refractivity contribution in [2.45, 2.75) is 19.6 Å². The molecule has 2 aromatic rings. The molecular formula is C18H20BrClF3N4O2+. The van der Waals surface area contributed by atoms with Gasteiger partial charge >= 0.3 is 6.18 Å². The number of aromatic amines is 1. The van der Waals surface area contributed by atoms with Gasteiger partial charge in [-0.15, -0.1) is 4.68 Å². The van der Waals surface area contributed by atoms with Crippen molar-refractivity contribution in [3.63, 3.8) is 0 Å². The van der Waals surface area contributed by atoms with Gasteiger partial charge in [-0.05, 0) is 28.1 Å². The van der Waals surface area contributed by atoms with Crippen molar-refractivity contribution in [1.29, 1.82) is 0 Å². The first-order chi connectivity index (χ1) is 13.6. The number of amides is 1. The molecule has 0 aliphatic carbocycles. The summed E-state index contributed by atoms with van der Waals surface area (Å²) in [6.07, 6.45) is -4.52. The lowest BCUT2D eigenvalue weighted by Crippen LogP contribution is -2.53. The summed E-state index contributed by atoms with van der Waals surface area (Å²) >= 11 is 9.01. The Balaban J connectivity index is 1.64. The first-order valence-electron chi connectivity index (χ1n) is 8.83. The number of methoxy groups -OCH3 is 1. The van der Waals surface area contributed by atoms with Gasteiger partial charge in [0.15, 0.2) is 5.69 Å². The van der Waals surface area contributed by atoms with Crippen LogP contribution in [0, 0.1) is 6.92 Å². The number of nitrogens with one attached hydrogen (secondary N) is 1. The molecule has 6 nitrogen and oxygen atoms in total. The lowest BCUT2D eigenvalue weighted by Gasteiger charge is -2.35. The highest BCUT2D eigenvalue weighted by atomic mass is 79.9. The molecular weight excluding hydrogens is 477 g/mol. The number of ether oxygens (including phenoxy) is 1. The van der Waals surface area contributed by atoms with E-state index in [1.165, 1.54) is 11.6 Å². The van der Waals surface area contributed by atoms with Crippen molar-refractivity contribution >= 4 is 39.1 Å². The van der Waals surface area contributed by atoms with E-state index in [4.69, 9.17) is 16.3 Å². The topological polar surface area (TPSA) is 52.5 Å². The second-order valence-corrected chi connectivity index (χ2v) is 7.86. The SMILES string of the molecule is COc1cc(N2CCN(C(=O)C[n+]3[nH]c(C(F)(F)F)c(Br)c3C)CC2)ccc1Cl. The van der Waals surface area contributed by atoms with E-state index >= 15 is 0 Å². The lowest BCUT2D eigenvalue weighted by atomic mass is 10.2. The summed E-state index contributed by atoms with van der Waals surface area (Å²) in [4.78, 5) is 16.4. The third-order valence-corrected chi connectivity index (χ3v) is 6.18. The molecule has 0 bridgehead atoms. The smallest absolute Gasteiger partial charge is 0.437 e. The van der Waals surface area contributed by atoms with E-state index in [0.29, 0.717) is 42.6 Å². The molecule has 1 aromatic carbocycles. The van der Waals surface area contributed by atoms with Crippen LogP contribution in [0.4, 0.5) is 18.9 Å². The summed E-state index contributed by atoms with van der Waals surface area (Å²) in [6.45, 7) is 3.48. The predicted octanol–water partition coefficient (Wildman–Crippen LogP) is 3.40. The molecule has 1 N–H and O–H groups in total. The van der Waals surface area contributed by atoms with Gasteiger partial charge in [0.2, 0.25) is 12.2 Å². The van der Waals surface area contributed by atoms with Gasteiger partial charge < -0.3 is 14.5 Å². The molecule has 1 aromatic heterocycles. The minimum Gasteiger partial charge on any atom is -0.495 e. The van der Waals surface area contributed by atoms with Crippen molar-refractivity contribution < 1.29 is 27.4 Å². The summed E-state index contributed by atoms with van der Waals surface area (Å²) in [5.74, 6) is 0.334. The molecule has 11 heteroatoms. The quantitative estimate of drug-likeness (QED) is 0.660. The van der Waals surface area contributed by atoms with Crippen LogP contribution in [-0.4, -0.2) is 49.2 Å². The van der Waals surface area contributed by atoms with Gasteiger partial charge in [0, 0.05) is 44.9 Å². The zero-order chi connectivity index (χ0) is 21.3. The van der Waals surface area contributed by atoms with Crippen molar-refractivity contribution in [3.05, 3.63) is 39.1 Å². The zero-order valence-electron chi connectivity index (χ0n) is 15.8. The van der Waals surface area contributed by atoms with Crippen molar-refractivity contribution in [3.8, 4) is 5.75 Å². The molecule has 2 heterocycles. The van der Waals surface area contributed by atoms with Gasteiger partial charge in [0.25, 0.3) is 5.91 Å². The van der Waals surface area contributed by atoms with Crippen LogP contribution in [0.25, 0.3) is 0 Å². The summed E-state index contributed by atoms with van der Waals surface area (Å²) in [5, 5.41) is 2.79. The molecule has 0 atom stereocenters. The molecule has 1 amide bonds. The highest BCUT2D eigenvalue weighted by molar-refractivity contribution is 9.10. The number of rotatable bonds is 4. The minimum atomic E-state index is -4.52. The van der Waals surface area contributed by atoms with E-state index < -0.39 is 11.9 Å². The number of piperazine rings is 1. The molecule has 0 saturated carbocycles. The van der Waals surface area contributed by atoms with E-state index in [2.05, 4.69) is 25.9 Å². The number of hydrogen-bond acceptors (Lipinski definition) is 3. The standard InChI is InChI=1S/C18H19BrClF3N4O2/c1-11-16(19)17(18(21,22)23)24-27(11)10-15(28)26-7-5-25(6-8-26)12-3-4-13(20)14(9-12)29-2/h3-4,9H,5-8,10H2,1-2H3/p+1. The van der Waals surface area contributed by atoms with Gasteiger partial charge in [-0.1, -0.05) is 11.6 Å². The van der Waals surface area contributed by atoms with Gasteiger partial charge in [0.1, 0.15) is 10.2 Å². The number of anilines is 1. The van der Waals surface area contributed by atoms with E-state index in [1.54, 1.807) is 18.1 Å². The number of carbonyl (C=O) groups is 1. The molecule has 1 aliphatic rings. The fraction of sp³-hybridized carbons (Fsp3) is 0.444. The first kappa shape index (κ1) is 21.8. The molecule has 0 unspecified atom stereocenters. The number of carbonyl (C=O) groups excluding carboxylic acids is 1. The maximum atomic E-state index is 13.0. The van der Waals surface area contributed by atoms with Gasteiger partial charge in [-0.3, -0.25) is 4.79 Å². The van der Waals surface area contributed by atoms with Crippen molar-refractivity contribution in [2.75, 3.05) is 38.2 Å². The van der Waals surface area contributed by atoms with E-state index in [1.807, 2.05) is 12.1 Å². The number of aromatic nitrogens is 2. The predicted molar refractivity (Wildman–Crippen MR) is 105 cm³/mol. The van der Waals surface area contributed by atoms with Crippen LogP contribution in [-0.2, 0) is 17.5 Å².